The summed E-state index contributed by atoms with van der Waals surface area (Å²) in [4.78, 5) is 14.0. The molecule has 0 aliphatic carbocycles. The second kappa shape index (κ2) is 8.30. The molecule has 24 heavy (non-hydrogen) atoms. The third kappa shape index (κ3) is 5.35. The first-order valence-corrected chi connectivity index (χ1v) is 9.73. The Balaban J connectivity index is 1.98. The maximum absolute atomic E-state index is 12.4. The van der Waals surface area contributed by atoms with E-state index in [2.05, 4.69) is 5.32 Å². The van der Waals surface area contributed by atoms with Crippen LogP contribution in [0.5, 0.6) is 0 Å². The van der Waals surface area contributed by atoms with Gasteiger partial charge in [-0.05, 0) is 25.0 Å². The van der Waals surface area contributed by atoms with Crippen LogP contribution in [0.15, 0.2) is 30.5 Å². The highest BCUT2D eigenvalue weighted by atomic mass is 32.2. The van der Waals surface area contributed by atoms with Crippen LogP contribution in [0.3, 0.4) is 0 Å². The average molecular weight is 352 g/mol. The molecule has 1 fully saturated rings. The van der Waals surface area contributed by atoms with Crippen LogP contribution in [0, 0.1) is 6.92 Å². The minimum absolute atomic E-state index is 0.0197. The number of urea groups is 1. The molecule has 1 heterocycles. The fourth-order valence-corrected chi connectivity index (χ4v) is 4.36. The number of sulfone groups is 1. The minimum Gasteiger partial charge on any atom is -0.383 e. The zero-order valence-corrected chi connectivity index (χ0v) is 14.9. The molecular weight excluding hydrogens is 328 g/mol. The van der Waals surface area contributed by atoms with E-state index in [1.54, 1.807) is 24.3 Å². The normalized spacial score (nSPS) is 19.5. The van der Waals surface area contributed by atoms with Crippen molar-refractivity contribution in [3.8, 4) is 0 Å². The lowest BCUT2D eigenvalue weighted by Crippen LogP contribution is -2.46. The van der Waals surface area contributed by atoms with E-state index in [1.165, 1.54) is 5.56 Å². The lowest BCUT2D eigenvalue weighted by atomic mass is 10.1. The molecule has 7 heteroatoms. The highest BCUT2D eigenvalue weighted by Gasteiger charge is 2.34. The van der Waals surface area contributed by atoms with Gasteiger partial charge in [0.25, 0.3) is 0 Å². The van der Waals surface area contributed by atoms with E-state index in [9.17, 15) is 13.2 Å². The average Bonchev–Trinajstić information content (AvgIpc) is 2.89. The standard InChI is InChI=1S/C17H24N2O4S/c1-14-3-5-15(6-4-14)7-9-18-17(20)19(10-11-23-2)16-8-12-24(21,22)13-16/h3-7,9,16H,8,10-13H2,1-2H3,(H,18,20)/b9-7+. The Morgan fingerprint density at radius 3 is 2.67 bits per heavy atom. The zero-order valence-electron chi connectivity index (χ0n) is 14.1. The van der Waals surface area contributed by atoms with Gasteiger partial charge in [-0.15, -0.1) is 0 Å². The van der Waals surface area contributed by atoms with Gasteiger partial charge in [-0.2, -0.15) is 0 Å². The van der Waals surface area contributed by atoms with Crippen molar-refractivity contribution in [1.82, 2.24) is 10.2 Å². The fourth-order valence-electron chi connectivity index (χ4n) is 2.63. The molecule has 0 aromatic heterocycles. The van der Waals surface area contributed by atoms with Crippen molar-refractivity contribution in [3.63, 3.8) is 0 Å². The van der Waals surface area contributed by atoms with Gasteiger partial charge in [-0.1, -0.05) is 29.8 Å². The first-order chi connectivity index (χ1) is 11.4. The molecule has 1 N–H and O–H groups in total. The maximum Gasteiger partial charge on any atom is 0.321 e. The number of hydrogen-bond donors (Lipinski definition) is 1. The Morgan fingerprint density at radius 1 is 1.38 bits per heavy atom. The Hall–Kier alpha value is -1.86. The molecule has 2 amide bonds. The monoisotopic (exact) mass is 352 g/mol. The van der Waals surface area contributed by atoms with Crippen LogP contribution in [0.2, 0.25) is 0 Å². The SMILES string of the molecule is COCCN(C(=O)N/C=C/c1ccc(C)cc1)C1CCS(=O)(=O)C1. The highest BCUT2D eigenvalue weighted by Crippen LogP contribution is 2.17. The van der Waals surface area contributed by atoms with Crippen LogP contribution in [0.25, 0.3) is 6.08 Å². The van der Waals surface area contributed by atoms with Crippen LogP contribution < -0.4 is 5.32 Å². The molecule has 1 aromatic rings. The third-order valence-corrected chi connectivity index (χ3v) is 5.76. The summed E-state index contributed by atoms with van der Waals surface area (Å²) < 4.78 is 28.4. The lowest BCUT2D eigenvalue weighted by molar-refractivity contribution is 0.135. The van der Waals surface area contributed by atoms with Gasteiger partial charge in [-0.25, -0.2) is 13.2 Å². The first kappa shape index (κ1) is 18.5. The summed E-state index contributed by atoms with van der Waals surface area (Å²) in [6.45, 7) is 2.74. The molecule has 132 valence electrons. The molecule has 0 radical (unpaired) electrons. The second-order valence-corrected chi connectivity index (χ2v) is 8.17. The number of hydrogen-bond acceptors (Lipinski definition) is 4. The molecule has 0 bridgehead atoms. The molecule has 1 aliphatic heterocycles. The maximum atomic E-state index is 12.4. The van der Waals surface area contributed by atoms with Gasteiger partial charge < -0.3 is 15.0 Å². The molecule has 0 spiro atoms. The summed E-state index contributed by atoms with van der Waals surface area (Å²) in [6, 6.07) is 7.32. The molecule has 1 aliphatic rings. The predicted octanol–water partition coefficient (Wildman–Crippen LogP) is 1.81. The molecule has 1 saturated heterocycles. The minimum atomic E-state index is -3.05. The van der Waals surface area contributed by atoms with Crippen molar-refractivity contribution in [1.29, 1.82) is 0 Å². The van der Waals surface area contributed by atoms with Crippen LogP contribution in [0.4, 0.5) is 4.79 Å². The largest absolute Gasteiger partial charge is 0.383 e. The van der Waals surface area contributed by atoms with Crippen molar-refractivity contribution in [2.45, 2.75) is 19.4 Å². The van der Waals surface area contributed by atoms with E-state index in [0.717, 1.165) is 5.56 Å². The van der Waals surface area contributed by atoms with E-state index in [4.69, 9.17) is 4.74 Å². The van der Waals surface area contributed by atoms with Crippen molar-refractivity contribution < 1.29 is 17.9 Å². The molecule has 1 aromatic carbocycles. The molecule has 0 saturated carbocycles. The quantitative estimate of drug-likeness (QED) is 0.847. The summed E-state index contributed by atoms with van der Waals surface area (Å²) in [7, 11) is -1.49. The number of carbonyl (C=O) groups excluding carboxylic acids is 1. The summed E-state index contributed by atoms with van der Waals surface area (Å²) in [5, 5.41) is 2.72. The van der Waals surface area contributed by atoms with Crippen molar-refractivity contribution in [2.75, 3.05) is 31.8 Å². The second-order valence-electron chi connectivity index (χ2n) is 5.94. The molecular formula is C17H24N2O4S. The van der Waals surface area contributed by atoms with E-state index in [0.29, 0.717) is 19.6 Å². The van der Waals surface area contributed by atoms with E-state index in [1.807, 2.05) is 31.2 Å². The van der Waals surface area contributed by atoms with E-state index >= 15 is 0 Å². The molecule has 2 rings (SSSR count). The number of aryl methyl sites for hydroxylation is 1. The number of rotatable bonds is 6. The number of methoxy groups -OCH3 is 1. The summed E-state index contributed by atoms with van der Waals surface area (Å²) in [5.74, 6) is 0.152. The first-order valence-electron chi connectivity index (χ1n) is 7.91. The van der Waals surface area contributed by atoms with Crippen LogP contribution >= 0.6 is 0 Å². The summed E-state index contributed by atoms with van der Waals surface area (Å²) in [6.07, 6.45) is 3.86. The Kier molecular flexibility index (Phi) is 6.39. The Bertz CT molecular complexity index is 683. The third-order valence-electron chi connectivity index (χ3n) is 4.01. The summed E-state index contributed by atoms with van der Waals surface area (Å²) in [5.41, 5.74) is 2.15. The highest BCUT2D eigenvalue weighted by molar-refractivity contribution is 7.91. The van der Waals surface area contributed by atoms with Gasteiger partial charge in [0.2, 0.25) is 0 Å². The van der Waals surface area contributed by atoms with Gasteiger partial charge in [0.15, 0.2) is 9.84 Å². The van der Waals surface area contributed by atoms with Gasteiger partial charge >= 0.3 is 6.03 Å². The van der Waals surface area contributed by atoms with E-state index in [-0.39, 0.29) is 23.6 Å². The number of nitrogens with zero attached hydrogens (tertiary/aromatic N) is 1. The number of benzene rings is 1. The molecule has 1 unspecified atom stereocenters. The number of amides is 2. The topological polar surface area (TPSA) is 75.7 Å². The van der Waals surface area contributed by atoms with Crippen molar-refractivity contribution >= 4 is 21.9 Å². The van der Waals surface area contributed by atoms with Crippen molar-refractivity contribution in [3.05, 3.63) is 41.6 Å². The van der Waals surface area contributed by atoms with E-state index < -0.39 is 9.84 Å². The smallest absolute Gasteiger partial charge is 0.321 e. The molecule has 1 atom stereocenters. The van der Waals surface area contributed by atoms with Gasteiger partial charge in [-0.3, -0.25) is 0 Å². The van der Waals surface area contributed by atoms with Crippen LogP contribution in [0.1, 0.15) is 17.5 Å². The summed E-state index contributed by atoms with van der Waals surface area (Å²) >= 11 is 0. The predicted molar refractivity (Wildman–Crippen MR) is 94.4 cm³/mol. The van der Waals surface area contributed by atoms with Gasteiger partial charge in [0, 0.05) is 25.9 Å². The number of nitrogens with one attached hydrogen (secondary N) is 1. The number of carbonyl (C=O) groups is 1. The zero-order chi connectivity index (χ0) is 17.6. The Labute approximate surface area is 143 Å². The van der Waals surface area contributed by atoms with Crippen molar-refractivity contribution in [2.24, 2.45) is 0 Å². The fraction of sp³-hybridized carbons (Fsp3) is 0.471. The van der Waals surface area contributed by atoms with Gasteiger partial charge in [0.1, 0.15) is 0 Å². The number of ether oxygens (including phenoxy) is 1. The van der Waals surface area contributed by atoms with Gasteiger partial charge in [0.05, 0.1) is 18.1 Å². The lowest BCUT2D eigenvalue weighted by Gasteiger charge is -2.27. The molecule has 6 nitrogen and oxygen atoms in total. The Morgan fingerprint density at radius 2 is 2.08 bits per heavy atom. The van der Waals surface area contributed by atoms with Crippen LogP contribution in [-0.2, 0) is 14.6 Å². The van der Waals surface area contributed by atoms with Crippen LogP contribution in [-0.4, -0.2) is 57.2 Å².